The summed E-state index contributed by atoms with van der Waals surface area (Å²) in [6.45, 7) is 6.39. The van der Waals surface area contributed by atoms with E-state index in [2.05, 4.69) is 10.3 Å². The number of rotatable bonds is 5. The Bertz CT molecular complexity index is 556. The van der Waals surface area contributed by atoms with Crippen LogP contribution in [0.4, 0.5) is 5.13 Å². The number of aromatic nitrogens is 1. The molecule has 1 aromatic heterocycles. The first-order valence-corrected chi connectivity index (χ1v) is 9.06. The quantitative estimate of drug-likeness (QED) is 0.859. The van der Waals surface area contributed by atoms with Crippen molar-refractivity contribution < 1.29 is 9.59 Å². The zero-order valence-corrected chi connectivity index (χ0v) is 14.9. The zero-order valence-electron chi connectivity index (χ0n) is 14.0. The number of hydrogen-bond acceptors (Lipinski definition) is 5. The summed E-state index contributed by atoms with van der Waals surface area (Å²) in [6.07, 6.45) is 3.38. The van der Waals surface area contributed by atoms with Crippen molar-refractivity contribution in [3.8, 4) is 0 Å². The van der Waals surface area contributed by atoms with E-state index in [0.717, 1.165) is 25.8 Å². The van der Waals surface area contributed by atoms with Crippen LogP contribution in [0, 0.1) is 5.92 Å². The lowest BCUT2D eigenvalue weighted by Crippen LogP contribution is -2.52. The molecule has 1 aliphatic heterocycles. The van der Waals surface area contributed by atoms with Gasteiger partial charge >= 0.3 is 0 Å². The van der Waals surface area contributed by atoms with Gasteiger partial charge in [-0.1, -0.05) is 13.8 Å². The molecule has 1 aliphatic rings. The topological polar surface area (TPSA) is 88.3 Å². The SMILES string of the molecule is CC(C)C(=O)Nc1nc(CC(=O)N2CCCCC2C(C)N)cs1. The van der Waals surface area contributed by atoms with E-state index < -0.39 is 0 Å². The predicted molar refractivity (Wildman–Crippen MR) is 92.3 cm³/mol. The summed E-state index contributed by atoms with van der Waals surface area (Å²) >= 11 is 1.35. The standard InChI is InChI=1S/C16H26N4O2S/c1-10(2)15(22)19-16-18-12(9-23-16)8-14(21)20-7-5-4-6-13(20)11(3)17/h9-11,13H,4-8,17H2,1-3H3,(H,18,19,22). The summed E-state index contributed by atoms with van der Waals surface area (Å²) in [7, 11) is 0. The highest BCUT2D eigenvalue weighted by molar-refractivity contribution is 7.13. The van der Waals surface area contributed by atoms with Gasteiger partial charge in [0.25, 0.3) is 0 Å². The average Bonchev–Trinajstić information content (AvgIpc) is 2.94. The molecule has 2 atom stereocenters. The third-order valence-electron chi connectivity index (χ3n) is 4.12. The fraction of sp³-hybridized carbons (Fsp3) is 0.688. The number of nitrogens with one attached hydrogen (secondary N) is 1. The number of nitrogens with two attached hydrogens (primary N) is 1. The normalized spacial score (nSPS) is 19.7. The van der Waals surface area contributed by atoms with Crippen molar-refractivity contribution in [1.82, 2.24) is 9.88 Å². The lowest BCUT2D eigenvalue weighted by atomic mass is 9.96. The molecule has 0 radical (unpaired) electrons. The van der Waals surface area contributed by atoms with Crippen molar-refractivity contribution >= 4 is 28.3 Å². The smallest absolute Gasteiger partial charge is 0.228 e. The number of thiazole rings is 1. The first-order chi connectivity index (χ1) is 10.9. The van der Waals surface area contributed by atoms with Gasteiger partial charge in [0.05, 0.1) is 12.1 Å². The van der Waals surface area contributed by atoms with Crippen molar-refractivity contribution in [3.63, 3.8) is 0 Å². The van der Waals surface area contributed by atoms with Crippen LogP contribution >= 0.6 is 11.3 Å². The third kappa shape index (κ3) is 4.75. The minimum Gasteiger partial charge on any atom is -0.338 e. The zero-order chi connectivity index (χ0) is 17.0. The van der Waals surface area contributed by atoms with Gasteiger partial charge in [-0.3, -0.25) is 9.59 Å². The van der Waals surface area contributed by atoms with E-state index in [1.807, 2.05) is 31.1 Å². The van der Waals surface area contributed by atoms with Crippen LogP contribution in [0.5, 0.6) is 0 Å². The molecule has 1 saturated heterocycles. The number of anilines is 1. The van der Waals surface area contributed by atoms with Gasteiger partial charge in [0.2, 0.25) is 11.8 Å². The lowest BCUT2D eigenvalue weighted by Gasteiger charge is -2.38. The van der Waals surface area contributed by atoms with Gasteiger partial charge in [-0.15, -0.1) is 11.3 Å². The van der Waals surface area contributed by atoms with Crippen LogP contribution < -0.4 is 11.1 Å². The molecule has 6 nitrogen and oxygen atoms in total. The van der Waals surface area contributed by atoms with E-state index in [-0.39, 0.29) is 36.2 Å². The largest absolute Gasteiger partial charge is 0.338 e. The van der Waals surface area contributed by atoms with Gasteiger partial charge in [0.15, 0.2) is 5.13 Å². The number of piperidine rings is 1. The Balaban J connectivity index is 1.97. The second-order valence-electron chi connectivity index (χ2n) is 6.47. The van der Waals surface area contributed by atoms with Crippen LogP contribution in [0.15, 0.2) is 5.38 Å². The van der Waals surface area contributed by atoms with Gasteiger partial charge in [-0.2, -0.15) is 0 Å². The van der Waals surface area contributed by atoms with Gasteiger partial charge in [-0.25, -0.2) is 4.98 Å². The van der Waals surface area contributed by atoms with Crippen molar-refractivity contribution in [2.75, 3.05) is 11.9 Å². The van der Waals surface area contributed by atoms with Gasteiger partial charge < -0.3 is 16.0 Å². The number of carbonyl (C=O) groups excluding carboxylic acids is 2. The van der Waals surface area contributed by atoms with E-state index in [0.29, 0.717) is 10.8 Å². The van der Waals surface area contributed by atoms with Crippen LogP contribution in [0.1, 0.15) is 45.7 Å². The maximum Gasteiger partial charge on any atom is 0.228 e. The molecular weight excluding hydrogens is 312 g/mol. The van der Waals surface area contributed by atoms with Crippen molar-refractivity contribution in [1.29, 1.82) is 0 Å². The lowest BCUT2D eigenvalue weighted by molar-refractivity contribution is -0.134. The predicted octanol–water partition coefficient (Wildman–Crippen LogP) is 2.01. The molecule has 23 heavy (non-hydrogen) atoms. The molecule has 0 bridgehead atoms. The molecule has 1 fully saturated rings. The van der Waals surface area contributed by atoms with Gasteiger partial charge in [0.1, 0.15) is 0 Å². The number of likely N-dealkylation sites (tertiary alicyclic amines) is 1. The summed E-state index contributed by atoms with van der Waals surface area (Å²) in [4.78, 5) is 30.5. The summed E-state index contributed by atoms with van der Waals surface area (Å²) in [5.74, 6) is -0.0894. The fourth-order valence-corrected chi connectivity index (χ4v) is 3.48. The molecular formula is C16H26N4O2S. The summed E-state index contributed by atoms with van der Waals surface area (Å²) in [5, 5.41) is 5.15. The van der Waals surface area contributed by atoms with Crippen LogP contribution in [-0.2, 0) is 16.0 Å². The maximum atomic E-state index is 12.6. The molecule has 2 amide bonds. The second-order valence-corrected chi connectivity index (χ2v) is 7.33. The first kappa shape index (κ1) is 17.9. The Labute approximate surface area is 141 Å². The number of amides is 2. The highest BCUT2D eigenvalue weighted by Gasteiger charge is 2.29. The van der Waals surface area contributed by atoms with Crippen LogP contribution in [0.2, 0.25) is 0 Å². The molecule has 128 valence electrons. The van der Waals surface area contributed by atoms with E-state index in [9.17, 15) is 9.59 Å². The maximum absolute atomic E-state index is 12.6. The summed E-state index contributed by atoms with van der Waals surface area (Å²) in [5.41, 5.74) is 6.72. The Kier molecular flexibility index (Phi) is 6.12. The van der Waals surface area contributed by atoms with Crippen LogP contribution in [0.25, 0.3) is 0 Å². The molecule has 2 heterocycles. The van der Waals surface area contributed by atoms with Gasteiger partial charge in [-0.05, 0) is 26.2 Å². The molecule has 2 unspecified atom stereocenters. The average molecular weight is 338 g/mol. The Morgan fingerprint density at radius 2 is 2.17 bits per heavy atom. The number of carbonyl (C=O) groups is 2. The minimum absolute atomic E-state index is 0.0180. The van der Waals surface area contributed by atoms with E-state index in [4.69, 9.17) is 5.73 Å². The molecule has 1 aromatic rings. The third-order valence-corrected chi connectivity index (χ3v) is 4.92. The molecule has 0 saturated carbocycles. The van der Waals surface area contributed by atoms with Gasteiger partial charge in [0, 0.05) is 29.9 Å². The first-order valence-electron chi connectivity index (χ1n) is 8.18. The van der Waals surface area contributed by atoms with Crippen molar-refractivity contribution in [2.24, 2.45) is 11.7 Å². The Hall–Kier alpha value is -1.47. The van der Waals surface area contributed by atoms with Crippen molar-refractivity contribution in [3.05, 3.63) is 11.1 Å². The van der Waals surface area contributed by atoms with Crippen LogP contribution in [-0.4, -0.2) is 40.3 Å². The summed E-state index contributed by atoms with van der Waals surface area (Å²) in [6, 6.07) is 0.102. The van der Waals surface area contributed by atoms with E-state index in [1.54, 1.807) is 0 Å². The highest BCUT2D eigenvalue weighted by atomic mass is 32.1. The van der Waals surface area contributed by atoms with E-state index in [1.165, 1.54) is 11.3 Å². The molecule has 3 N–H and O–H groups in total. The Morgan fingerprint density at radius 1 is 1.43 bits per heavy atom. The molecule has 7 heteroatoms. The minimum atomic E-state index is -0.0934. The molecule has 0 spiro atoms. The molecule has 0 aromatic carbocycles. The highest BCUT2D eigenvalue weighted by Crippen LogP contribution is 2.22. The van der Waals surface area contributed by atoms with Crippen LogP contribution in [0.3, 0.4) is 0 Å². The molecule has 0 aliphatic carbocycles. The van der Waals surface area contributed by atoms with Crippen molar-refractivity contribution in [2.45, 2.75) is 58.5 Å². The monoisotopic (exact) mass is 338 g/mol. The fourth-order valence-electron chi connectivity index (χ4n) is 2.77. The Morgan fingerprint density at radius 3 is 2.83 bits per heavy atom. The number of nitrogens with zero attached hydrogens (tertiary/aromatic N) is 2. The number of hydrogen-bond donors (Lipinski definition) is 2. The summed E-state index contributed by atoms with van der Waals surface area (Å²) < 4.78 is 0. The molecule has 2 rings (SSSR count). The van der Waals surface area contributed by atoms with E-state index >= 15 is 0 Å². The second kappa shape index (κ2) is 7.88.